The van der Waals surface area contributed by atoms with E-state index in [1.807, 2.05) is 24.6 Å². The van der Waals surface area contributed by atoms with E-state index in [0.717, 1.165) is 30.8 Å². The molecule has 0 spiro atoms. The van der Waals surface area contributed by atoms with Crippen LogP contribution in [-0.2, 0) is 6.54 Å². The highest BCUT2D eigenvalue weighted by Gasteiger charge is 2.25. The summed E-state index contributed by atoms with van der Waals surface area (Å²) in [5, 5.41) is 14.7. The molecule has 1 aromatic carbocycles. The van der Waals surface area contributed by atoms with Crippen LogP contribution in [0.4, 0.5) is 0 Å². The molecule has 1 saturated heterocycles. The molecule has 0 aliphatic carbocycles. The van der Waals surface area contributed by atoms with E-state index < -0.39 is 6.10 Å². The molecule has 0 radical (unpaired) electrons. The lowest BCUT2D eigenvalue weighted by Crippen LogP contribution is -2.46. The Kier molecular flexibility index (Phi) is 6.04. The number of likely N-dealkylation sites (tertiary alicyclic amines) is 1. The molecule has 25 heavy (non-hydrogen) atoms. The SMILES string of the molecule is Cc1ccc(C)c(OCC(O)CN2CCCCC2Cn2cncn2)c1. The zero-order valence-corrected chi connectivity index (χ0v) is 15.1. The van der Waals surface area contributed by atoms with Gasteiger partial charge in [-0.15, -0.1) is 0 Å². The largest absolute Gasteiger partial charge is 0.491 e. The van der Waals surface area contributed by atoms with Crippen molar-refractivity contribution in [3.8, 4) is 5.75 Å². The molecule has 1 aromatic heterocycles. The van der Waals surface area contributed by atoms with E-state index in [9.17, 15) is 5.11 Å². The molecular formula is C19H28N4O2. The van der Waals surface area contributed by atoms with Gasteiger partial charge in [0.25, 0.3) is 0 Å². The minimum atomic E-state index is -0.503. The fraction of sp³-hybridized carbons (Fsp3) is 0.579. The second-order valence-corrected chi connectivity index (χ2v) is 7.00. The van der Waals surface area contributed by atoms with Gasteiger partial charge in [0, 0.05) is 12.6 Å². The molecule has 2 atom stereocenters. The zero-order chi connectivity index (χ0) is 17.6. The van der Waals surface area contributed by atoms with Gasteiger partial charge >= 0.3 is 0 Å². The molecule has 1 aliphatic rings. The molecule has 1 fully saturated rings. The number of hydrogen-bond acceptors (Lipinski definition) is 5. The molecule has 0 saturated carbocycles. The number of ether oxygens (including phenoxy) is 1. The Bertz CT molecular complexity index is 659. The summed E-state index contributed by atoms with van der Waals surface area (Å²) in [6.07, 6.45) is 6.36. The summed E-state index contributed by atoms with van der Waals surface area (Å²) in [4.78, 5) is 6.38. The number of nitrogens with zero attached hydrogens (tertiary/aromatic N) is 4. The molecule has 136 valence electrons. The number of aromatic nitrogens is 3. The number of aliphatic hydroxyl groups excluding tert-OH is 1. The lowest BCUT2D eigenvalue weighted by atomic mass is 10.0. The van der Waals surface area contributed by atoms with Crippen LogP contribution in [0.3, 0.4) is 0 Å². The van der Waals surface area contributed by atoms with Gasteiger partial charge in [0.2, 0.25) is 0 Å². The number of hydrogen-bond donors (Lipinski definition) is 1. The number of aliphatic hydroxyl groups is 1. The van der Waals surface area contributed by atoms with E-state index in [2.05, 4.69) is 27.1 Å². The first-order chi connectivity index (χ1) is 12.1. The first-order valence-electron chi connectivity index (χ1n) is 9.06. The van der Waals surface area contributed by atoms with Crippen LogP contribution in [0.1, 0.15) is 30.4 Å². The summed E-state index contributed by atoms with van der Waals surface area (Å²) < 4.78 is 7.73. The molecule has 6 heteroatoms. The van der Waals surface area contributed by atoms with E-state index in [4.69, 9.17) is 4.74 Å². The van der Waals surface area contributed by atoms with Gasteiger partial charge < -0.3 is 9.84 Å². The Labute approximate surface area is 149 Å². The van der Waals surface area contributed by atoms with Crippen LogP contribution in [0, 0.1) is 13.8 Å². The van der Waals surface area contributed by atoms with Crippen molar-refractivity contribution in [2.75, 3.05) is 19.7 Å². The number of rotatable bonds is 7. The Balaban J connectivity index is 1.53. The van der Waals surface area contributed by atoms with E-state index in [-0.39, 0.29) is 0 Å². The van der Waals surface area contributed by atoms with Crippen molar-refractivity contribution < 1.29 is 9.84 Å². The normalized spacial score (nSPS) is 19.7. The zero-order valence-electron chi connectivity index (χ0n) is 15.1. The van der Waals surface area contributed by atoms with Crippen LogP contribution in [0.5, 0.6) is 5.75 Å². The molecule has 2 heterocycles. The van der Waals surface area contributed by atoms with Gasteiger partial charge in [0.05, 0.1) is 6.54 Å². The quantitative estimate of drug-likeness (QED) is 0.834. The van der Waals surface area contributed by atoms with Crippen LogP contribution < -0.4 is 4.74 Å². The highest BCUT2D eigenvalue weighted by molar-refractivity contribution is 5.35. The van der Waals surface area contributed by atoms with Crippen LogP contribution in [0.15, 0.2) is 30.9 Å². The Morgan fingerprint density at radius 2 is 2.20 bits per heavy atom. The highest BCUT2D eigenvalue weighted by atomic mass is 16.5. The van der Waals surface area contributed by atoms with Gasteiger partial charge in [0.1, 0.15) is 31.1 Å². The Morgan fingerprint density at radius 3 is 3.00 bits per heavy atom. The summed E-state index contributed by atoms with van der Waals surface area (Å²) >= 11 is 0. The maximum atomic E-state index is 10.5. The molecular weight excluding hydrogens is 316 g/mol. The van der Waals surface area contributed by atoms with Crippen molar-refractivity contribution in [3.63, 3.8) is 0 Å². The topological polar surface area (TPSA) is 63.4 Å². The summed E-state index contributed by atoms with van der Waals surface area (Å²) in [6.45, 7) is 6.86. The van der Waals surface area contributed by atoms with Crippen molar-refractivity contribution in [3.05, 3.63) is 42.0 Å². The van der Waals surface area contributed by atoms with Gasteiger partial charge in [-0.25, -0.2) is 4.98 Å². The monoisotopic (exact) mass is 344 g/mol. The fourth-order valence-electron chi connectivity index (χ4n) is 3.42. The van der Waals surface area contributed by atoms with Crippen LogP contribution in [0.25, 0.3) is 0 Å². The van der Waals surface area contributed by atoms with E-state index in [1.165, 1.54) is 18.4 Å². The van der Waals surface area contributed by atoms with E-state index in [0.29, 0.717) is 19.2 Å². The predicted octanol–water partition coefficient (Wildman–Crippen LogP) is 2.19. The number of benzene rings is 1. The van der Waals surface area contributed by atoms with Gasteiger partial charge in [-0.3, -0.25) is 9.58 Å². The lowest BCUT2D eigenvalue weighted by molar-refractivity contribution is 0.0343. The summed E-state index contributed by atoms with van der Waals surface area (Å²) in [5.41, 5.74) is 2.26. The minimum Gasteiger partial charge on any atom is -0.491 e. The molecule has 6 nitrogen and oxygen atoms in total. The van der Waals surface area contributed by atoms with Crippen LogP contribution in [0.2, 0.25) is 0 Å². The second-order valence-electron chi connectivity index (χ2n) is 7.00. The average molecular weight is 344 g/mol. The van der Waals surface area contributed by atoms with E-state index >= 15 is 0 Å². The molecule has 2 aromatic rings. The number of piperidine rings is 1. The smallest absolute Gasteiger partial charge is 0.137 e. The maximum Gasteiger partial charge on any atom is 0.137 e. The first kappa shape index (κ1) is 17.9. The molecule has 2 unspecified atom stereocenters. The summed E-state index contributed by atoms with van der Waals surface area (Å²) in [7, 11) is 0. The third-order valence-electron chi connectivity index (χ3n) is 4.83. The number of β-amino-alcohol motifs (C(OH)–C–C–N with tert-alkyl or cyclic N) is 1. The fourth-order valence-corrected chi connectivity index (χ4v) is 3.42. The van der Waals surface area contributed by atoms with Crippen molar-refractivity contribution in [1.29, 1.82) is 0 Å². The number of aryl methyl sites for hydroxylation is 2. The van der Waals surface area contributed by atoms with Crippen molar-refractivity contribution in [1.82, 2.24) is 19.7 Å². The second kappa shape index (κ2) is 8.45. The predicted molar refractivity (Wildman–Crippen MR) is 96.7 cm³/mol. The third-order valence-corrected chi connectivity index (χ3v) is 4.83. The van der Waals surface area contributed by atoms with Gasteiger partial charge in [-0.1, -0.05) is 18.6 Å². The lowest BCUT2D eigenvalue weighted by Gasteiger charge is -2.36. The summed E-state index contributed by atoms with van der Waals surface area (Å²) in [6, 6.07) is 6.54. The van der Waals surface area contributed by atoms with Gasteiger partial charge in [0.15, 0.2) is 0 Å². The van der Waals surface area contributed by atoms with Crippen LogP contribution >= 0.6 is 0 Å². The Hall–Kier alpha value is -1.92. The maximum absolute atomic E-state index is 10.5. The third kappa shape index (κ3) is 5.03. The highest BCUT2D eigenvalue weighted by Crippen LogP contribution is 2.21. The Morgan fingerprint density at radius 1 is 1.32 bits per heavy atom. The first-order valence-corrected chi connectivity index (χ1v) is 9.06. The van der Waals surface area contributed by atoms with Gasteiger partial charge in [-0.05, 0) is 50.4 Å². The molecule has 0 amide bonds. The van der Waals surface area contributed by atoms with Crippen LogP contribution in [-0.4, -0.2) is 56.6 Å². The molecule has 0 bridgehead atoms. The summed E-state index contributed by atoms with van der Waals surface area (Å²) in [5.74, 6) is 0.858. The van der Waals surface area contributed by atoms with Crippen molar-refractivity contribution >= 4 is 0 Å². The van der Waals surface area contributed by atoms with Gasteiger partial charge in [-0.2, -0.15) is 5.10 Å². The standard InChI is InChI=1S/C19H28N4O2/c1-15-6-7-16(2)19(9-15)25-12-18(24)11-22-8-4-3-5-17(22)10-23-14-20-13-21-23/h6-7,9,13-14,17-18,24H,3-5,8,10-12H2,1-2H3. The minimum absolute atomic E-state index is 0.316. The van der Waals surface area contributed by atoms with E-state index in [1.54, 1.807) is 12.7 Å². The molecule has 1 N–H and O–H groups in total. The molecule has 3 rings (SSSR count). The van der Waals surface area contributed by atoms with Crippen molar-refractivity contribution in [2.45, 2.75) is 51.8 Å². The molecule has 1 aliphatic heterocycles. The van der Waals surface area contributed by atoms with Crippen molar-refractivity contribution in [2.24, 2.45) is 0 Å². The average Bonchev–Trinajstić information content (AvgIpc) is 3.10.